The van der Waals surface area contributed by atoms with E-state index >= 15 is 0 Å². The Morgan fingerprint density at radius 2 is 2.19 bits per heavy atom. The molecule has 0 fully saturated rings. The molecule has 0 aliphatic rings. The fourth-order valence-electron chi connectivity index (χ4n) is 1.62. The molecule has 0 bridgehead atoms. The van der Waals surface area contributed by atoms with Crippen LogP contribution in [0.3, 0.4) is 0 Å². The van der Waals surface area contributed by atoms with Crippen molar-refractivity contribution in [1.82, 2.24) is 9.55 Å². The lowest BCUT2D eigenvalue weighted by Crippen LogP contribution is -2.07. The number of imidazole rings is 1. The second-order valence-corrected chi connectivity index (χ2v) is 3.61. The number of aromatic nitrogens is 2. The van der Waals surface area contributed by atoms with Gasteiger partial charge >= 0.3 is 0 Å². The van der Waals surface area contributed by atoms with E-state index in [2.05, 4.69) is 18.0 Å². The molecule has 0 amide bonds. The van der Waals surface area contributed by atoms with E-state index in [1.165, 1.54) is 5.56 Å². The number of nitrogens with zero attached hydrogens (tertiary/aromatic N) is 2. The molecule has 1 aromatic carbocycles. The third kappa shape index (κ3) is 2.63. The first-order chi connectivity index (χ1) is 7.90. The summed E-state index contributed by atoms with van der Waals surface area (Å²) in [6.07, 6.45) is 6.52. The van der Waals surface area contributed by atoms with Crippen LogP contribution in [-0.2, 0) is 13.0 Å². The average molecular weight is 216 g/mol. The zero-order valence-electron chi connectivity index (χ0n) is 9.47. The fourth-order valence-corrected chi connectivity index (χ4v) is 1.62. The van der Waals surface area contributed by atoms with Crippen LogP contribution >= 0.6 is 0 Å². The van der Waals surface area contributed by atoms with E-state index in [4.69, 9.17) is 4.74 Å². The van der Waals surface area contributed by atoms with E-state index in [1.807, 2.05) is 29.0 Å². The minimum atomic E-state index is 0.674. The fraction of sp³-hybridized carbons (Fsp3) is 0.308. The molecule has 3 nitrogen and oxygen atoms in total. The molecule has 2 rings (SSSR count). The van der Waals surface area contributed by atoms with Crippen molar-refractivity contribution in [3.63, 3.8) is 0 Å². The molecular formula is C13H16N2O. The first-order valence-electron chi connectivity index (χ1n) is 5.56. The van der Waals surface area contributed by atoms with Gasteiger partial charge < -0.3 is 9.30 Å². The van der Waals surface area contributed by atoms with Crippen LogP contribution < -0.4 is 4.74 Å². The van der Waals surface area contributed by atoms with Gasteiger partial charge in [0.05, 0.1) is 12.9 Å². The topological polar surface area (TPSA) is 27.1 Å². The molecule has 0 atom stereocenters. The maximum atomic E-state index is 5.75. The Balaban J connectivity index is 1.89. The molecule has 0 N–H and O–H groups in total. The van der Waals surface area contributed by atoms with Gasteiger partial charge in [-0.1, -0.05) is 25.1 Å². The van der Waals surface area contributed by atoms with Gasteiger partial charge in [-0.25, -0.2) is 4.98 Å². The number of benzene rings is 1. The molecule has 0 saturated heterocycles. The van der Waals surface area contributed by atoms with Crippen molar-refractivity contribution < 1.29 is 4.74 Å². The summed E-state index contributed by atoms with van der Waals surface area (Å²) in [6, 6.07) is 8.17. The molecule has 3 heteroatoms. The maximum absolute atomic E-state index is 5.75. The third-order valence-corrected chi connectivity index (χ3v) is 2.52. The minimum absolute atomic E-state index is 0.674. The van der Waals surface area contributed by atoms with Crippen molar-refractivity contribution in [3.8, 4) is 5.75 Å². The lowest BCUT2D eigenvalue weighted by atomic mass is 10.1. The lowest BCUT2D eigenvalue weighted by molar-refractivity contribution is 0.295. The summed E-state index contributed by atoms with van der Waals surface area (Å²) >= 11 is 0. The highest BCUT2D eigenvalue weighted by Crippen LogP contribution is 2.18. The maximum Gasteiger partial charge on any atom is 0.122 e. The number of ether oxygens (including phenoxy) is 1. The van der Waals surface area contributed by atoms with Crippen LogP contribution in [0.25, 0.3) is 0 Å². The van der Waals surface area contributed by atoms with Gasteiger partial charge in [0.15, 0.2) is 0 Å². The highest BCUT2D eigenvalue weighted by molar-refractivity contribution is 5.33. The molecule has 84 valence electrons. The van der Waals surface area contributed by atoms with Gasteiger partial charge in [0.25, 0.3) is 0 Å². The quantitative estimate of drug-likeness (QED) is 0.768. The van der Waals surface area contributed by atoms with Gasteiger partial charge in [-0.3, -0.25) is 0 Å². The average Bonchev–Trinajstić information content (AvgIpc) is 2.83. The largest absolute Gasteiger partial charge is 0.491 e. The first kappa shape index (κ1) is 10.7. The Morgan fingerprint density at radius 3 is 2.94 bits per heavy atom. The van der Waals surface area contributed by atoms with E-state index in [0.29, 0.717) is 6.61 Å². The molecule has 0 radical (unpaired) electrons. The SMILES string of the molecule is CCc1ccccc1OCCn1ccnc1. The summed E-state index contributed by atoms with van der Waals surface area (Å²) in [5.74, 6) is 0.991. The standard InChI is InChI=1S/C13H16N2O/c1-2-12-5-3-4-6-13(12)16-10-9-15-8-7-14-11-15/h3-8,11H,2,9-10H2,1H3. The number of rotatable bonds is 5. The van der Waals surface area contributed by atoms with Crippen molar-refractivity contribution in [3.05, 3.63) is 48.5 Å². The van der Waals surface area contributed by atoms with Crippen LogP contribution in [0.4, 0.5) is 0 Å². The van der Waals surface area contributed by atoms with Crippen molar-refractivity contribution in [2.24, 2.45) is 0 Å². The molecule has 0 aliphatic heterocycles. The number of para-hydroxylation sites is 1. The van der Waals surface area contributed by atoms with E-state index in [-0.39, 0.29) is 0 Å². The molecular weight excluding hydrogens is 200 g/mol. The van der Waals surface area contributed by atoms with Crippen molar-refractivity contribution >= 4 is 0 Å². The van der Waals surface area contributed by atoms with Crippen molar-refractivity contribution in [2.45, 2.75) is 19.9 Å². The predicted molar refractivity (Wildman–Crippen MR) is 63.5 cm³/mol. The number of hydrogen-bond donors (Lipinski definition) is 0. The van der Waals surface area contributed by atoms with Crippen LogP contribution in [0, 0.1) is 0 Å². The molecule has 16 heavy (non-hydrogen) atoms. The summed E-state index contributed by atoms with van der Waals surface area (Å²) in [5, 5.41) is 0. The second-order valence-electron chi connectivity index (χ2n) is 3.61. The van der Waals surface area contributed by atoms with E-state index < -0.39 is 0 Å². The predicted octanol–water partition coefficient (Wildman–Crippen LogP) is 2.52. The summed E-state index contributed by atoms with van der Waals surface area (Å²) in [5.41, 5.74) is 1.26. The van der Waals surface area contributed by atoms with E-state index in [9.17, 15) is 0 Å². The van der Waals surface area contributed by atoms with Gasteiger partial charge in [-0.05, 0) is 18.1 Å². The van der Waals surface area contributed by atoms with Crippen LogP contribution in [0.15, 0.2) is 43.0 Å². The number of hydrogen-bond acceptors (Lipinski definition) is 2. The zero-order valence-corrected chi connectivity index (χ0v) is 9.47. The molecule has 0 unspecified atom stereocenters. The Kier molecular flexibility index (Phi) is 3.59. The highest BCUT2D eigenvalue weighted by atomic mass is 16.5. The zero-order chi connectivity index (χ0) is 11.2. The number of aryl methyl sites for hydroxylation is 1. The summed E-state index contributed by atoms with van der Waals surface area (Å²) in [4.78, 5) is 3.99. The van der Waals surface area contributed by atoms with E-state index in [1.54, 1.807) is 12.5 Å². The van der Waals surface area contributed by atoms with Crippen LogP contribution in [0.1, 0.15) is 12.5 Å². The first-order valence-corrected chi connectivity index (χ1v) is 5.56. The van der Waals surface area contributed by atoms with Crippen molar-refractivity contribution in [1.29, 1.82) is 0 Å². The van der Waals surface area contributed by atoms with Gasteiger partial charge in [-0.15, -0.1) is 0 Å². The Labute approximate surface area is 95.7 Å². The summed E-state index contributed by atoms with van der Waals surface area (Å²) in [6.45, 7) is 3.64. The van der Waals surface area contributed by atoms with Crippen LogP contribution in [0.2, 0.25) is 0 Å². The molecule has 1 heterocycles. The molecule has 0 spiro atoms. The van der Waals surface area contributed by atoms with Gasteiger partial charge in [0, 0.05) is 12.4 Å². The normalized spacial score (nSPS) is 10.3. The molecule has 1 aromatic heterocycles. The van der Waals surface area contributed by atoms with Gasteiger partial charge in [-0.2, -0.15) is 0 Å². The Morgan fingerprint density at radius 1 is 1.31 bits per heavy atom. The van der Waals surface area contributed by atoms with E-state index in [0.717, 1.165) is 18.7 Å². The van der Waals surface area contributed by atoms with Gasteiger partial charge in [0.2, 0.25) is 0 Å². The summed E-state index contributed by atoms with van der Waals surface area (Å²) in [7, 11) is 0. The smallest absolute Gasteiger partial charge is 0.122 e. The molecule has 0 aliphatic carbocycles. The van der Waals surface area contributed by atoms with Crippen molar-refractivity contribution in [2.75, 3.05) is 6.61 Å². The summed E-state index contributed by atoms with van der Waals surface area (Å²) < 4.78 is 7.76. The third-order valence-electron chi connectivity index (χ3n) is 2.52. The molecule has 0 saturated carbocycles. The Bertz CT molecular complexity index is 423. The monoisotopic (exact) mass is 216 g/mol. The lowest BCUT2D eigenvalue weighted by Gasteiger charge is -2.10. The highest BCUT2D eigenvalue weighted by Gasteiger charge is 1.99. The second kappa shape index (κ2) is 5.35. The van der Waals surface area contributed by atoms with Gasteiger partial charge in [0.1, 0.15) is 12.4 Å². The Hall–Kier alpha value is -1.77. The molecule has 2 aromatic rings. The van der Waals surface area contributed by atoms with Crippen LogP contribution in [0.5, 0.6) is 5.75 Å². The minimum Gasteiger partial charge on any atom is -0.491 e. The van der Waals surface area contributed by atoms with Crippen LogP contribution in [-0.4, -0.2) is 16.2 Å².